The molecular weight excluding hydrogens is 272 g/mol. The van der Waals surface area contributed by atoms with E-state index in [4.69, 9.17) is 9.84 Å². The Morgan fingerprint density at radius 1 is 1.57 bits per heavy atom. The van der Waals surface area contributed by atoms with Crippen LogP contribution >= 0.6 is 0 Å². The number of hydrogen-bond acceptors (Lipinski definition) is 4. The Balaban J connectivity index is 2.09. The SMILES string of the molecule is CC(NC(=O)c1ncccc1/C=C/C(=O)O)C1CCOC1. The Morgan fingerprint density at radius 3 is 3.05 bits per heavy atom. The van der Waals surface area contributed by atoms with Gasteiger partial charge in [-0.25, -0.2) is 4.79 Å². The highest BCUT2D eigenvalue weighted by Gasteiger charge is 2.24. The van der Waals surface area contributed by atoms with Crippen molar-refractivity contribution in [1.82, 2.24) is 10.3 Å². The van der Waals surface area contributed by atoms with Crippen molar-refractivity contribution in [3.8, 4) is 0 Å². The zero-order valence-corrected chi connectivity index (χ0v) is 11.8. The monoisotopic (exact) mass is 290 g/mol. The number of carboxylic acids is 1. The average molecular weight is 290 g/mol. The number of ether oxygens (including phenoxy) is 1. The zero-order valence-electron chi connectivity index (χ0n) is 11.8. The van der Waals surface area contributed by atoms with Crippen LogP contribution in [0.2, 0.25) is 0 Å². The molecule has 6 nitrogen and oxygen atoms in total. The number of aliphatic carboxylic acids is 1. The second kappa shape index (κ2) is 6.99. The fraction of sp³-hybridized carbons (Fsp3) is 0.400. The largest absolute Gasteiger partial charge is 0.478 e. The molecule has 2 N–H and O–H groups in total. The summed E-state index contributed by atoms with van der Waals surface area (Å²) in [7, 11) is 0. The van der Waals surface area contributed by atoms with E-state index < -0.39 is 5.97 Å². The van der Waals surface area contributed by atoms with Crippen LogP contribution in [0.4, 0.5) is 0 Å². The molecule has 1 saturated heterocycles. The van der Waals surface area contributed by atoms with Crippen molar-refractivity contribution in [1.29, 1.82) is 0 Å². The van der Waals surface area contributed by atoms with Crippen molar-refractivity contribution < 1.29 is 19.4 Å². The molecule has 2 heterocycles. The van der Waals surface area contributed by atoms with E-state index in [1.54, 1.807) is 12.1 Å². The van der Waals surface area contributed by atoms with E-state index in [2.05, 4.69) is 10.3 Å². The summed E-state index contributed by atoms with van der Waals surface area (Å²) in [5, 5.41) is 11.6. The Kier molecular flexibility index (Phi) is 5.05. The van der Waals surface area contributed by atoms with Crippen LogP contribution in [0.3, 0.4) is 0 Å². The normalized spacial score (nSPS) is 19.6. The summed E-state index contributed by atoms with van der Waals surface area (Å²) in [5.41, 5.74) is 0.702. The minimum Gasteiger partial charge on any atom is -0.478 e. The number of nitrogens with zero attached hydrogens (tertiary/aromatic N) is 1. The molecule has 1 aromatic heterocycles. The maximum atomic E-state index is 12.3. The van der Waals surface area contributed by atoms with Crippen LogP contribution in [0.1, 0.15) is 29.4 Å². The van der Waals surface area contributed by atoms with Gasteiger partial charge in [0.25, 0.3) is 5.91 Å². The lowest BCUT2D eigenvalue weighted by atomic mass is 10.0. The first-order valence-corrected chi connectivity index (χ1v) is 6.82. The highest BCUT2D eigenvalue weighted by Crippen LogP contribution is 2.17. The van der Waals surface area contributed by atoms with Crippen LogP contribution in [0.15, 0.2) is 24.4 Å². The topological polar surface area (TPSA) is 88.5 Å². The van der Waals surface area contributed by atoms with Gasteiger partial charge < -0.3 is 15.2 Å². The van der Waals surface area contributed by atoms with Crippen molar-refractivity contribution >= 4 is 18.0 Å². The first-order chi connectivity index (χ1) is 10.1. The van der Waals surface area contributed by atoms with Crippen molar-refractivity contribution in [3.63, 3.8) is 0 Å². The van der Waals surface area contributed by atoms with Gasteiger partial charge in [-0.2, -0.15) is 0 Å². The molecule has 1 amide bonds. The Morgan fingerprint density at radius 2 is 2.38 bits per heavy atom. The predicted octanol–water partition coefficient (Wildman–Crippen LogP) is 1.33. The molecule has 2 unspecified atom stereocenters. The highest BCUT2D eigenvalue weighted by atomic mass is 16.5. The number of carboxylic acid groups (broad SMARTS) is 1. The Hall–Kier alpha value is -2.21. The van der Waals surface area contributed by atoms with E-state index in [9.17, 15) is 9.59 Å². The number of aromatic nitrogens is 1. The molecule has 0 saturated carbocycles. The molecule has 2 rings (SSSR count). The molecule has 0 aliphatic carbocycles. The van der Waals surface area contributed by atoms with E-state index in [0.717, 1.165) is 19.1 Å². The van der Waals surface area contributed by atoms with Crippen LogP contribution in [0, 0.1) is 5.92 Å². The molecule has 1 aromatic rings. The summed E-state index contributed by atoms with van der Waals surface area (Å²) in [6, 6.07) is 3.30. The van der Waals surface area contributed by atoms with Gasteiger partial charge >= 0.3 is 5.97 Å². The number of rotatable bonds is 5. The molecule has 0 radical (unpaired) electrons. The minimum atomic E-state index is -1.07. The van der Waals surface area contributed by atoms with E-state index >= 15 is 0 Å². The molecule has 21 heavy (non-hydrogen) atoms. The lowest BCUT2D eigenvalue weighted by molar-refractivity contribution is -0.131. The number of hydrogen-bond donors (Lipinski definition) is 2. The van der Waals surface area contributed by atoms with Crippen molar-refractivity contribution in [3.05, 3.63) is 35.7 Å². The van der Waals surface area contributed by atoms with Gasteiger partial charge in [0, 0.05) is 36.4 Å². The van der Waals surface area contributed by atoms with Gasteiger partial charge in [0.15, 0.2) is 0 Å². The lowest BCUT2D eigenvalue weighted by Gasteiger charge is -2.19. The van der Waals surface area contributed by atoms with E-state index in [1.807, 2.05) is 6.92 Å². The Labute approximate surface area is 122 Å². The maximum absolute atomic E-state index is 12.3. The highest BCUT2D eigenvalue weighted by molar-refractivity contribution is 5.97. The average Bonchev–Trinajstić information content (AvgIpc) is 2.99. The molecule has 2 atom stereocenters. The van der Waals surface area contributed by atoms with Gasteiger partial charge in [0.1, 0.15) is 5.69 Å². The molecule has 6 heteroatoms. The molecule has 0 bridgehead atoms. The summed E-state index contributed by atoms with van der Waals surface area (Å²) in [6.07, 6.45) is 4.79. The van der Waals surface area contributed by atoms with Crippen LogP contribution in [0.5, 0.6) is 0 Å². The first-order valence-electron chi connectivity index (χ1n) is 6.82. The lowest BCUT2D eigenvalue weighted by Crippen LogP contribution is -2.39. The summed E-state index contributed by atoms with van der Waals surface area (Å²) in [5.74, 6) is -1.07. The maximum Gasteiger partial charge on any atom is 0.328 e. The molecule has 1 aliphatic heterocycles. The third kappa shape index (κ3) is 4.13. The standard InChI is InChI=1S/C15H18N2O4/c1-10(12-6-8-21-9-12)17-15(20)14-11(3-2-7-16-14)4-5-13(18)19/h2-5,7,10,12H,6,8-9H2,1H3,(H,17,20)(H,18,19)/b5-4+. The summed E-state index contributed by atoms with van der Waals surface area (Å²) < 4.78 is 5.31. The zero-order chi connectivity index (χ0) is 15.2. The second-order valence-corrected chi connectivity index (χ2v) is 5.00. The molecule has 112 valence electrons. The smallest absolute Gasteiger partial charge is 0.328 e. The van der Waals surface area contributed by atoms with Crippen molar-refractivity contribution in [2.24, 2.45) is 5.92 Å². The van der Waals surface area contributed by atoms with Gasteiger partial charge in [-0.3, -0.25) is 9.78 Å². The van der Waals surface area contributed by atoms with Gasteiger partial charge in [-0.1, -0.05) is 6.07 Å². The van der Waals surface area contributed by atoms with E-state index in [0.29, 0.717) is 18.1 Å². The molecular formula is C15H18N2O4. The quantitative estimate of drug-likeness (QED) is 0.799. The van der Waals surface area contributed by atoms with E-state index in [-0.39, 0.29) is 17.6 Å². The summed E-state index contributed by atoms with van der Waals surface area (Å²) >= 11 is 0. The second-order valence-electron chi connectivity index (χ2n) is 5.00. The number of carbonyl (C=O) groups excluding carboxylic acids is 1. The van der Waals surface area contributed by atoms with Gasteiger partial charge in [0.05, 0.1) is 6.61 Å². The van der Waals surface area contributed by atoms with E-state index in [1.165, 1.54) is 12.3 Å². The molecule has 1 fully saturated rings. The molecule has 1 aliphatic rings. The third-order valence-electron chi connectivity index (χ3n) is 3.49. The molecule has 0 aromatic carbocycles. The Bertz CT molecular complexity index is 550. The number of carbonyl (C=O) groups is 2. The van der Waals surface area contributed by atoms with Crippen LogP contribution < -0.4 is 5.32 Å². The fourth-order valence-corrected chi connectivity index (χ4v) is 2.24. The van der Waals surface area contributed by atoms with Crippen LogP contribution in [-0.2, 0) is 9.53 Å². The third-order valence-corrected chi connectivity index (χ3v) is 3.49. The van der Waals surface area contributed by atoms with Crippen LogP contribution in [0.25, 0.3) is 6.08 Å². The van der Waals surface area contributed by atoms with Gasteiger partial charge in [0.2, 0.25) is 0 Å². The van der Waals surface area contributed by atoms with Gasteiger partial charge in [-0.15, -0.1) is 0 Å². The predicted molar refractivity (Wildman–Crippen MR) is 76.8 cm³/mol. The van der Waals surface area contributed by atoms with Crippen LogP contribution in [-0.4, -0.2) is 41.2 Å². The fourth-order valence-electron chi connectivity index (χ4n) is 2.24. The number of amides is 1. The van der Waals surface area contributed by atoms with Crippen molar-refractivity contribution in [2.75, 3.05) is 13.2 Å². The number of pyridine rings is 1. The summed E-state index contributed by atoms with van der Waals surface area (Å²) in [4.78, 5) is 26.9. The van der Waals surface area contributed by atoms with Gasteiger partial charge in [-0.05, 0) is 25.5 Å². The number of nitrogens with one attached hydrogen (secondary N) is 1. The summed E-state index contributed by atoms with van der Waals surface area (Å²) in [6.45, 7) is 3.31. The first kappa shape index (κ1) is 15.2. The molecule has 0 spiro atoms. The minimum absolute atomic E-state index is 0.0155. The van der Waals surface area contributed by atoms with Crippen molar-refractivity contribution in [2.45, 2.75) is 19.4 Å².